The topological polar surface area (TPSA) is 173 Å². The molecule has 2 amide bonds. The normalized spacial score (nSPS) is 21.0. The molecule has 0 saturated carbocycles. The summed E-state index contributed by atoms with van der Waals surface area (Å²) in [5, 5.41) is 5.43. The first kappa shape index (κ1) is 33.5. The lowest BCUT2D eigenvalue weighted by Gasteiger charge is -2.44. The number of ether oxygens (including phenoxy) is 5. The lowest BCUT2D eigenvalue weighted by atomic mass is 9.91. The van der Waals surface area contributed by atoms with Gasteiger partial charge < -0.3 is 34.3 Å². The zero-order valence-corrected chi connectivity index (χ0v) is 24.6. The molecule has 0 radical (unpaired) electrons. The van der Waals surface area contributed by atoms with E-state index in [-0.39, 0.29) is 6.42 Å². The molecule has 2 N–H and O–H groups in total. The van der Waals surface area contributed by atoms with Crippen molar-refractivity contribution in [3.63, 3.8) is 0 Å². The van der Waals surface area contributed by atoms with Gasteiger partial charge in [-0.3, -0.25) is 24.0 Å². The molecule has 1 aliphatic heterocycles. The maximum absolute atomic E-state index is 13.1. The highest BCUT2D eigenvalue weighted by Crippen LogP contribution is 2.31. The van der Waals surface area contributed by atoms with E-state index in [0.29, 0.717) is 16.9 Å². The second-order valence-corrected chi connectivity index (χ2v) is 9.81. The second-order valence-electron chi connectivity index (χ2n) is 9.81. The van der Waals surface area contributed by atoms with E-state index in [1.54, 1.807) is 48.5 Å². The van der Waals surface area contributed by atoms with E-state index in [1.807, 2.05) is 6.07 Å². The number of nitrogens with one attached hydrogen (secondary N) is 2. The van der Waals surface area contributed by atoms with E-state index >= 15 is 0 Å². The smallest absolute Gasteiger partial charge is 0.323 e. The molecule has 13 heteroatoms. The van der Waals surface area contributed by atoms with Crippen molar-refractivity contribution < 1.29 is 52.5 Å². The highest BCUT2D eigenvalue weighted by Gasteiger charge is 2.52. The number of allylic oxidation sites excluding steroid dienone is 1. The van der Waals surface area contributed by atoms with Crippen molar-refractivity contribution in [2.24, 2.45) is 0 Å². The summed E-state index contributed by atoms with van der Waals surface area (Å²) in [7, 11) is 0. The molecule has 0 aromatic heterocycles. The molecule has 44 heavy (non-hydrogen) atoms. The Hall–Kier alpha value is -5.04. The van der Waals surface area contributed by atoms with Crippen LogP contribution < -0.4 is 10.6 Å². The zero-order chi connectivity index (χ0) is 32.2. The number of ketones is 1. The fourth-order valence-electron chi connectivity index (χ4n) is 4.47. The van der Waals surface area contributed by atoms with Gasteiger partial charge in [0.05, 0.1) is 0 Å². The minimum atomic E-state index is -1.36. The molecule has 0 bridgehead atoms. The second kappa shape index (κ2) is 16.0. The van der Waals surface area contributed by atoms with E-state index in [4.69, 9.17) is 23.7 Å². The Bertz CT molecular complexity index is 1390. The highest BCUT2D eigenvalue weighted by molar-refractivity contribution is 6.00. The first-order valence-corrected chi connectivity index (χ1v) is 13.7. The zero-order valence-electron chi connectivity index (χ0n) is 24.6. The van der Waals surface area contributed by atoms with Crippen LogP contribution in [0.25, 0.3) is 6.08 Å². The van der Waals surface area contributed by atoms with Crippen LogP contribution in [0.3, 0.4) is 0 Å². The maximum atomic E-state index is 13.1. The third kappa shape index (κ3) is 10.7. The van der Waals surface area contributed by atoms with Gasteiger partial charge in [0.15, 0.2) is 24.1 Å². The van der Waals surface area contributed by atoms with Crippen LogP contribution in [0.15, 0.2) is 60.7 Å². The van der Waals surface area contributed by atoms with Crippen molar-refractivity contribution in [1.82, 2.24) is 0 Å². The number of carbonyl (C=O) groups is 6. The third-order valence-electron chi connectivity index (χ3n) is 6.13. The summed E-state index contributed by atoms with van der Waals surface area (Å²) in [5.74, 6) is -3.38. The fourth-order valence-corrected chi connectivity index (χ4v) is 4.47. The van der Waals surface area contributed by atoms with Crippen LogP contribution in [0.5, 0.6) is 0 Å². The van der Waals surface area contributed by atoms with E-state index in [0.717, 1.165) is 20.8 Å². The Balaban J connectivity index is 1.77. The molecule has 5 atom stereocenters. The van der Waals surface area contributed by atoms with E-state index in [9.17, 15) is 28.8 Å². The molecular weight excluding hydrogens is 576 g/mol. The molecule has 0 unspecified atom stereocenters. The predicted octanol–water partition coefficient (Wildman–Crippen LogP) is 3.43. The molecule has 1 saturated heterocycles. The number of rotatable bonds is 11. The number of amides is 2. The summed E-state index contributed by atoms with van der Waals surface area (Å²) in [6, 6.07) is 15.2. The summed E-state index contributed by atoms with van der Waals surface area (Å²) >= 11 is 0. The molecule has 2 aromatic rings. The van der Waals surface area contributed by atoms with Crippen molar-refractivity contribution in [2.45, 2.75) is 64.6 Å². The van der Waals surface area contributed by atoms with Crippen molar-refractivity contribution in [2.75, 3.05) is 17.2 Å². The Labute approximate surface area is 253 Å². The summed E-state index contributed by atoms with van der Waals surface area (Å²) in [6.07, 6.45) is -3.86. The molecule has 1 fully saturated rings. The van der Waals surface area contributed by atoms with Crippen LogP contribution in [0, 0.1) is 0 Å². The minimum absolute atomic E-state index is 0.340. The molecule has 0 spiro atoms. The van der Waals surface area contributed by atoms with E-state index < -0.39 is 72.8 Å². The van der Waals surface area contributed by atoms with Gasteiger partial charge in [0.2, 0.25) is 0 Å². The predicted molar refractivity (Wildman–Crippen MR) is 156 cm³/mol. The molecule has 1 heterocycles. The Morgan fingerprint density at radius 3 is 1.89 bits per heavy atom. The maximum Gasteiger partial charge on any atom is 0.323 e. The highest BCUT2D eigenvalue weighted by atomic mass is 16.7. The summed E-state index contributed by atoms with van der Waals surface area (Å²) in [5.41, 5.74) is 1.69. The van der Waals surface area contributed by atoms with Gasteiger partial charge in [-0.15, -0.1) is 0 Å². The molecule has 13 nitrogen and oxygen atoms in total. The van der Waals surface area contributed by atoms with Crippen LogP contribution in [0.4, 0.5) is 16.2 Å². The van der Waals surface area contributed by atoms with Gasteiger partial charge in [0.25, 0.3) is 0 Å². The monoisotopic (exact) mass is 610 g/mol. The molecule has 234 valence electrons. The summed E-state index contributed by atoms with van der Waals surface area (Å²) < 4.78 is 27.2. The molecule has 3 rings (SSSR count). The van der Waals surface area contributed by atoms with Crippen molar-refractivity contribution in [3.05, 3.63) is 66.2 Å². The number of hydrogen-bond acceptors (Lipinski definition) is 11. The number of para-hydroxylation sites is 1. The van der Waals surface area contributed by atoms with Gasteiger partial charge in [-0.1, -0.05) is 36.4 Å². The number of benzene rings is 2. The summed E-state index contributed by atoms with van der Waals surface area (Å²) in [6.45, 7) is 4.13. The lowest BCUT2D eigenvalue weighted by Crippen LogP contribution is -2.62. The van der Waals surface area contributed by atoms with Crippen molar-refractivity contribution in [3.8, 4) is 0 Å². The molecule has 1 aliphatic rings. The van der Waals surface area contributed by atoms with E-state index in [2.05, 4.69) is 10.6 Å². The van der Waals surface area contributed by atoms with Gasteiger partial charge in [0.1, 0.15) is 18.8 Å². The Morgan fingerprint density at radius 1 is 0.705 bits per heavy atom. The number of anilines is 2. The molecular formula is C31H34N2O11. The van der Waals surface area contributed by atoms with Gasteiger partial charge >= 0.3 is 29.9 Å². The lowest BCUT2D eigenvalue weighted by molar-refractivity contribution is -0.252. The fraction of sp³-hybridized carbons (Fsp3) is 0.355. The van der Waals surface area contributed by atoms with Crippen LogP contribution in [0.2, 0.25) is 0 Å². The van der Waals surface area contributed by atoms with Crippen molar-refractivity contribution in [1.29, 1.82) is 0 Å². The number of carbonyl (C=O) groups excluding carboxylic acids is 6. The minimum Gasteiger partial charge on any atom is -0.463 e. The first-order chi connectivity index (χ1) is 20.9. The number of hydrogen-bond donors (Lipinski definition) is 2. The van der Waals surface area contributed by atoms with Crippen LogP contribution >= 0.6 is 0 Å². The van der Waals surface area contributed by atoms with Gasteiger partial charge in [-0.2, -0.15) is 0 Å². The average molecular weight is 611 g/mol. The number of esters is 4. The largest absolute Gasteiger partial charge is 0.463 e. The molecule has 2 aromatic carbocycles. The van der Waals surface area contributed by atoms with Crippen LogP contribution in [0.1, 0.15) is 39.7 Å². The van der Waals surface area contributed by atoms with Crippen LogP contribution in [-0.4, -0.2) is 72.8 Å². The third-order valence-corrected chi connectivity index (χ3v) is 6.13. The van der Waals surface area contributed by atoms with Gasteiger partial charge in [-0.05, 0) is 35.9 Å². The number of urea groups is 1. The molecule has 0 aliphatic carbocycles. The van der Waals surface area contributed by atoms with Crippen LogP contribution in [-0.2, 0) is 47.7 Å². The SMILES string of the molecule is CC(=O)OC[C@H]1O[C@@H](CC(=O)/C=C/c2cccc(NC(=O)Nc3ccccc3)c2)[C@H](OC(C)=O)[C@@H](OC(C)=O)[C@@H]1OC(C)=O. The van der Waals surface area contributed by atoms with Gasteiger partial charge in [0, 0.05) is 45.5 Å². The Morgan fingerprint density at radius 2 is 1.27 bits per heavy atom. The van der Waals surface area contributed by atoms with E-state index in [1.165, 1.54) is 19.1 Å². The average Bonchev–Trinajstić information content (AvgIpc) is 2.94. The standard InChI is InChI=1S/C31H34N2O11/c1-18(34)40-17-27-29(42-20(3)36)30(43-21(4)37)28(41-19(2)35)26(44-27)16-25(38)14-13-22-9-8-12-24(15-22)33-31(39)32-23-10-6-5-7-11-23/h5-15,26-30H,16-17H2,1-4H3,(H2,32,33,39)/b14-13+/t26-,27+,28-,29+,30+/m0/s1. The first-order valence-electron chi connectivity index (χ1n) is 13.7. The van der Waals surface area contributed by atoms with Crippen molar-refractivity contribution >= 4 is 53.1 Å². The quantitative estimate of drug-likeness (QED) is 0.217. The summed E-state index contributed by atoms with van der Waals surface area (Å²) in [4.78, 5) is 72.8. The van der Waals surface area contributed by atoms with Gasteiger partial charge in [-0.25, -0.2) is 4.79 Å². The Kier molecular flexibility index (Phi) is 12.2.